The molecule has 0 aromatic carbocycles. The van der Waals surface area contributed by atoms with Crippen molar-refractivity contribution in [1.29, 1.82) is 0 Å². The van der Waals surface area contributed by atoms with Gasteiger partial charge in [0.05, 0.1) is 25.0 Å². The molecule has 0 aromatic rings. The summed E-state index contributed by atoms with van der Waals surface area (Å²) in [5, 5.41) is 1.90. The van der Waals surface area contributed by atoms with Crippen LogP contribution in [0.25, 0.3) is 0 Å². The van der Waals surface area contributed by atoms with Gasteiger partial charge in [0.2, 0.25) is 5.91 Å². The first kappa shape index (κ1) is 15.1. The zero-order valence-electron chi connectivity index (χ0n) is 13.8. The van der Waals surface area contributed by atoms with Crippen LogP contribution in [-0.4, -0.2) is 52.5 Å². The van der Waals surface area contributed by atoms with E-state index in [0.717, 1.165) is 36.6 Å². The van der Waals surface area contributed by atoms with Crippen LogP contribution in [0.15, 0.2) is 35.2 Å². The molecular weight excluding hydrogens is 280 g/mol. The normalized spacial score (nSPS) is 21.7. The summed E-state index contributed by atoms with van der Waals surface area (Å²) < 4.78 is 0. The lowest BCUT2D eigenvalue weighted by molar-refractivity contribution is -0.125. The predicted molar refractivity (Wildman–Crippen MR) is 83.4 cm³/mol. The van der Waals surface area contributed by atoms with Crippen LogP contribution >= 0.6 is 0 Å². The molecule has 1 saturated heterocycles. The van der Waals surface area contributed by atoms with E-state index in [1.807, 2.05) is 11.3 Å². The van der Waals surface area contributed by atoms with E-state index in [0.29, 0.717) is 13.2 Å². The number of carbonyl (C=O) groups is 1. The van der Waals surface area contributed by atoms with Gasteiger partial charge in [-0.15, -0.1) is 0 Å². The summed E-state index contributed by atoms with van der Waals surface area (Å²) in [6.45, 7) is 8.25. The first-order valence-corrected chi connectivity index (χ1v) is 7.79. The molecule has 0 unspecified atom stereocenters. The van der Waals surface area contributed by atoms with Gasteiger partial charge in [-0.25, -0.2) is 0 Å². The van der Waals surface area contributed by atoms with Gasteiger partial charge < -0.3 is 14.6 Å². The number of allylic oxidation sites excluding steroid dienone is 1. The summed E-state index contributed by atoms with van der Waals surface area (Å²) in [7, 11) is 1.69. The Morgan fingerprint density at radius 3 is 2.77 bits per heavy atom. The van der Waals surface area contributed by atoms with Crippen molar-refractivity contribution in [3.63, 3.8) is 0 Å². The fourth-order valence-corrected chi connectivity index (χ4v) is 3.31. The van der Waals surface area contributed by atoms with E-state index in [9.17, 15) is 4.79 Å². The monoisotopic (exact) mass is 304 g/mol. The van der Waals surface area contributed by atoms with E-state index < -0.39 is 0 Å². The summed E-state index contributed by atoms with van der Waals surface area (Å²) in [6, 6.07) is 0. The van der Waals surface area contributed by atoms with Gasteiger partial charge in [0.1, 0.15) is 12.5 Å². The Bertz CT molecular complexity index is 579. The second kappa shape index (κ2) is 5.78. The van der Waals surface area contributed by atoms with Crippen LogP contribution < -0.4 is 0 Å². The SMILES string of the molecule is CCCN1C=C(C)CC2=C1N1CN(OC)CC1=CN2C(C)=O. The van der Waals surface area contributed by atoms with Crippen molar-refractivity contribution in [1.82, 2.24) is 19.8 Å². The molecule has 0 atom stereocenters. The average Bonchev–Trinajstić information content (AvgIpc) is 2.88. The van der Waals surface area contributed by atoms with E-state index in [2.05, 4.69) is 29.8 Å². The molecule has 3 rings (SSSR count). The van der Waals surface area contributed by atoms with Crippen LogP contribution in [0, 0.1) is 0 Å². The Hall–Kier alpha value is -1.79. The molecule has 0 aromatic heterocycles. The molecule has 0 spiro atoms. The molecule has 6 nitrogen and oxygen atoms in total. The Labute approximate surface area is 131 Å². The molecule has 22 heavy (non-hydrogen) atoms. The van der Waals surface area contributed by atoms with Crippen molar-refractivity contribution < 1.29 is 9.63 Å². The van der Waals surface area contributed by atoms with Crippen LogP contribution in [0.4, 0.5) is 0 Å². The number of hydrogen-bond acceptors (Lipinski definition) is 5. The minimum absolute atomic E-state index is 0.0571. The minimum Gasteiger partial charge on any atom is -0.333 e. The molecule has 0 aliphatic carbocycles. The van der Waals surface area contributed by atoms with Crippen molar-refractivity contribution in [3.8, 4) is 0 Å². The molecule has 3 aliphatic heterocycles. The fourth-order valence-electron chi connectivity index (χ4n) is 3.31. The zero-order chi connectivity index (χ0) is 15.9. The van der Waals surface area contributed by atoms with Crippen molar-refractivity contribution in [2.24, 2.45) is 0 Å². The summed E-state index contributed by atoms with van der Waals surface area (Å²) in [6.07, 6.45) is 6.03. The molecule has 0 radical (unpaired) electrons. The highest BCUT2D eigenvalue weighted by atomic mass is 16.7. The maximum absolute atomic E-state index is 12.1. The summed E-state index contributed by atoms with van der Waals surface area (Å²) >= 11 is 0. The average molecular weight is 304 g/mol. The lowest BCUT2D eigenvalue weighted by Gasteiger charge is -2.42. The van der Waals surface area contributed by atoms with Crippen molar-refractivity contribution in [3.05, 3.63) is 35.2 Å². The Morgan fingerprint density at radius 2 is 2.14 bits per heavy atom. The standard InChI is InChI=1S/C16H24N4O2/c1-5-6-17-8-12(2)7-15-16(17)20-11-18(22-4)9-14(20)10-19(15)13(3)21/h8,10H,5-7,9,11H2,1-4H3. The predicted octanol–water partition coefficient (Wildman–Crippen LogP) is 2.02. The molecule has 6 heteroatoms. The largest absolute Gasteiger partial charge is 0.333 e. The number of rotatable bonds is 3. The Balaban J connectivity index is 2.04. The molecule has 0 N–H and O–H groups in total. The highest BCUT2D eigenvalue weighted by Crippen LogP contribution is 2.38. The van der Waals surface area contributed by atoms with Gasteiger partial charge in [0.25, 0.3) is 0 Å². The maximum Gasteiger partial charge on any atom is 0.227 e. The lowest BCUT2D eigenvalue weighted by atomic mass is 10.1. The molecule has 120 valence electrons. The lowest BCUT2D eigenvalue weighted by Crippen LogP contribution is -2.42. The van der Waals surface area contributed by atoms with Crippen LogP contribution in [0.3, 0.4) is 0 Å². The summed E-state index contributed by atoms with van der Waals surface area (Å²) in [5.74, 6) is 1.18. The second-order valence-corrected chi connectivity index (χ2v) is 6.02. The Morgan fingerprint density at radius 1 is 1.36 bits per heavy atom. The third-order valence-electron chi connectivity index (χ3n) is 4.22. The summed E-state index contributed by atoms with van der Waals surface area (Å²) in [4.78, 5) is 23.8. The fraction of sp³-hybridized carbons (Fsp3) is 0.562. The quantitative estimate of drug-likeness (QED) is 0.797. The van der Waals surface area contributed by atoms with Crippen molar-refractivity contribution in [2.45, 2.75) is 33.6 Å². The molecule has 3 heterocycles. The molecule has 1 fully saturated rings. The molecule has 0 bridgehead atoms. The van der Waals surface area contributed by atoms with Gasteiger partial charge in [-0.3, -0.25) is 9.69 Å². The number of amides is 1. The van der Waals surface area contributed by atoms with E-state index in [1.165, 1.54) is 5.57 Å². The number of hydrogen-bond donors (Lipinski definition) is 0. The van der Waals surface area contributed by atoms with Gasteiger partial charge in [-0.2, -0.15) is 5.06 Å². The number of carbonyl (C=O) groups excluding carboxylic acids is 1. The number of nitrogens with zero attached hydrogens (tertiary/aromatic N) is 4. The zero-order valence-corrected chi connectivity index (χ0v) is 13.8. The first-order chi connectivity index (χ1) is 10.5. The van der Waals surface area contributed by atoms with E-state index >= 15 is 0 Å². The van der Waals surface area contributed by atoms with Gasteiger partial charge in [0, 0.05) is 32.3 Å². The van der Waals surface area contributed by atoms with Crippen LogP contribution in [0.1, 0.15) is 33.6 Å². The van der Waals surface area contributed by atoms with Crippen LogP contribution in [-0.2, 0) is 9.63 Å². The van der Waals surface area contributed by atoms with E-state index in [1.54, 1.807) is 18.9 Å². The topological polar surface area (TPSA) is 39.3 Å². The highest BCUT2D eigenvalue weighted by molar-refractivity contribution is 5.77. The molecule has 3 aliphatic rings. The van der Waals surface area contributed by atoms with Gasteiger partial charge in [0.15, 0.2) is 0 Å². The molecule has 1 amide bonds. The maximum atomic E-state index is 12.1. The minimum atomic E-state index is 0.0571. The molecule has 0 saturated carbocycles. The van der Waals surface area contributed by atoms with Crippen LogP contribution in [0.2, 0.25) is 0 Å². The summed E-state index contributed by atoms with van der Waals surface area (Å²) in [5.41, 5.74) is 3.45. The second-order valence-electron chi connectivity index (χ2n) is 6.02. The molecular formula is C16H24N4O2. The first-order valence-electron chi connectivity index (χ1n) is 7.79. The highest BCUT2D eigenvalue weighted by Gasteiger charge is 2.38. The number of fused-ring (bicyclic) bond motifs is 2. The third-order valence-corrected chi connectivity index (χ3v) is 4.22. The van der Waals surface area contributed by atoms with E-state index in [4.69, 9.17) is 4.84 Å². The van der Waals surface area contributed by atoms with Crippen LogP contribution in [0.5, 0.6) is 0 Å². The van der Waals surface area contributed by atoms with Gasteiger partial charge in [-0.1, -0.05) is 12.5 Å². The number of hydroxylamine groups is 2. The third kappa shape index (κ3) is 2.42. The van der Waals surface area contributed by atoms with Crippen molar-refractivity contribution in [2.75, 3.05) is 26.9 Å². The van der Waals surface area contributed by atoms with Gasteiger partial charge >= 0.3 is 0 Å². The smallest absolute Gasteiger partial charge is 0.227 e. The van der Waals surface area contributed by atoms with Gasteiger partial charge in [-0.05, 0) is 13.3 Å². The van der Waals surface area contributed by atoms with Crippen molar-refractivity contribution >= 4 is 5.91 Å². The van der Waals surface area contributed by atoms with E-state index in [-0.39, 0.29) is 5.91 Å². The Kier molecular flexibility index (Phi) is 3.97.